The quantitative estimate of drug-likeness (QED) is 0.443. The first kappa shape index (κ1) is 22.6. The van der Waals surface area contributed by atoms with Gasteiger partial charge in [0.1, 0.15) is 19.1 Å². The number of imidazole rings is 1. The second-order valence-corrected chi connectivity index (χ2v) is 6.55. The summed E-state index contributed by atoms with van der Waals surface area (Å²) in [5.74, 6) is -3.05. The Morgan fingerprint density at radius 2 is 1.93 bits per heavy atom. The third kappa shape index (κ3) is 7.38. The molecule has 0 radical (unpaired) electrons. The molecule has 30 heavy (non-hydrogen) atoms. The number of H-pyrrole nitrogens is 1. The lowest BCUT2D eigenvalue weighted by molar-refractivity contribution is -0.148. The number of aromatic nitrogens is 2. The van der Waals surface area contributed by atoms with Crippen LogP contribution < -0.4 is 5.32 Å². The molecule has 0 fully saturated rings. The second-order valence-electron chi connectivity index (χ2n) is 6.55. The Labute approximate surface area is 173 Å². The number of aliphatic carboxylic acids is 1. The molecule has 2 rings (SSSR count). The van der Waals surface area contributed by atoms with E-state index in [1.165, 1.54) is 19.6 Å². The maximum absolute atomic E-state index is 12.5. The fourth-order valence-corrected chi connectivity index (χ4v) is 2.81. The van der Waals surface area contributed by atoms with Gasteiger partial charge in [0.2, 0.25) is 11.8 Å². The molecule has 2 amide bonds. The number of aryl methyl sites for hydroxylation is 1. The summed E-state index contributed by atoms with van der Waals surface area (Å²) < 4.78 is 4.70. The van der Waals surface area contributed by atoms with E-state index in [1.54, 1.807) is 0 Å². The van der Waals surface area contributed by atoms with Gasteiger partial charge in [-0.25, -0.2) is 9.78 Å². The molecule has 0 spiro atoms. The highest BCUT2D eigenvalue weighted by Gasteiger charge is 2.25. The number of amides is 2. The van der Waals surface area contributed by atoms with E-state index in [9.17, 15) is 19.2 Å². The number of carboxylic acid groups (broad SMARTS) is 1. The van der Waals surface area contributed by atoms with Crippen LogP contribution in [0.25, 0.3) is 0 Å². The lowest BCUT2D eigenvalue weighted by atomic mass is 10.1. The fraction of sp³-hybridized carbons (Fsp3) is 0.350. The fourth-order valence-electron chi connectivity index (χ4n) is 2.81. The molecule has 0 bridgehead atoms. The van der Waals surface area contributed by atoms with Gasteiger partial charge in [0.25, 0.3) is 0 Å². The lowest BCUT2D eigenvalue weighted by Crippen LogP contribution is -2.49. The topological polar surface area (TPSA) is 142 Å². The number of esters is 1. The zero-order valence-corrected chi connectivity index (χ0v) is 16.5. The van der Waals surface area contributed by atoms with Crippen LogP contribution in [-0.2, 0) is 36.8 Å². The predicted molar refractivity (Wildman–Crippen MR) is 105 cm³/mol. The average Bonchev–Trinajstić information content (AvgIpc) is 3.24. The number of carboxylic acids is 1. The SMILES string of the molecule is COC(=O)C(Cc1cnc[nH]1)NC(=O)CN(CC(=O)O)C(=O)CCc1ccccc1. The van der Waals surface area contributed by atoms with Gasteiger partial charge in [0.05, 0.1) is 13.4 Å². The number of rotatable bonds is 11. The van der Waals surface area contributed by atoms with Crippen molar-refractivity contribution in [2.75, 3.05) is 20.2 Å². The number of methoxy groups -OCH3 is 1. The van der Waals surface area contributed by atoms with Gasteiger partial charge in [-0.1, -0.05) is 30.3 Å². The number of benzene rings is 1. The molecule has 1 aromatic carbocycles. The second kappa shape index (κ2) is 11.3. The van der Waals surface area contributed by atoms with Crippen molar-refractivity contribution in [3.63, 3.8) is 0 Å². The molecule has 2 aromatic rings. The number of aromatic amines is 1. The van der Waals surface area contributed by atoms with E-state index in [0.29, 0.717) is 12.1 Å². The summed E-state index contributed by atoms with van der Waals surface area (Å²) in [7, 11) is 1.19. The molecule has 10 heteroatoms. The van der Waals surface area contributed by atoms with Crippen molar-refractivity contribution in [1.29, 1.82) is 0 Å². The third-order valence-corrected chi connectivity index (χ3v) is 4.28. The van der Waals surface area contributed by atoms with Gasteiger partial charge in [-0.3, -0.25) is 14.4 Å². The van der Waals surface area contributed by atoms with Crippen molar-refractivity contribution >= 4 is 23.8 Å². The Bertz CT molecular complexity index is 853. The average molecular weight is 416 g/mol. The van der Waals surface area contributed by atoms with Gasteiger partial charge in [-0.15, -0.1) is 0 Å². The van der Waals surface area contributed by atoms with E-state index in [0.717, 1.165) is 10.5 Å². The number of hydrogen-bond acceptors (Lipinski definition) is 6. The van der Waals surface area contributed by atoms with Gasteiger partial charge in [0, 0.05) is 24.7 Å². The van der Waals surface area contributed by atoms with Crippen LogP contribution in [0.4, 0.5) is 0 Å². The molecule has 0 aliphatic rings. The predicted octanol–water partition coefficient (Wildman–Crippen LogP) is 0.156. The van der Waals surface area contributed by atoms with Crippen molar-refractivity contribution in [2.45, 2.75) is 25.3 Å². The van der Waals surface area contributed by atoms with Crippen LogP contribution in [0.2, 0.25) is 0 Å². The molecule has 1 unspecified atom stereocenters. The highest BCUT2D eigenvalue weighted by atomic mass is 16.5. The largest absolute Gasteiger partial charge is 0.480 e. The smallest absolute Gasteiger partial charge is 0.328 e. The van der Waals surface area contributed by atoms with E-state index < -0.39 is 42.9 Å². The van der Waals surface area contributed by atoms with Crippen LogP contribution in [0, 0.1) is 0 Å². The summed E-state index contributed by atoms with van der Waals surface area (Å²) in [4.78, 5) is 55.7. The maximum atomic E-state index is 12.5. The minimum atomic E-state index is -1.24. The molecule has 0 saturated heterocycles. The van der Waals surface area contributed by atoms with Crippen molar-refractivity contribution in [3.8, 4) is 0 Å². The number of ether oxygens (including phenoxy) is 1. The van der Waals surface area contributed by atoms with Crippen molar-refractivity contribution in [2.24, 2.45) is 0 Å². The molecular formula is C20H24N4O6. The first-order chi connectivity index (χ1) is 14.4. The monoisotopic (exact) mass is 416 g/mol. The lowest BCUT2D eigenvalue weighted by Gasteiger charge is -2.22. The normalized spacial score (nSPS) is 11.4. The van der Waals surface area contributed by atoms with E-state index in [2.05, 4.69) is 15.3 Å². The molecule has 1 atom stereocenters. The summed E-state index contributed by atoms with van der Waals surface area (Å²) >= 11 is 0. The van der Waals surface area contributed by atoms with Gasteiger partial charge < -0.3 is 25.0 Å². The van der Waals surface area contributed by atoms with Crippen LogP contribution in [0.1, 0.15) is 17.7 Å². The zero-order chi connectivity index (χ0) is 21.9. The van der Waals surface area contributed by atoms with Gasteiger partial charge in [-0.05, 0) is 12.0 Å². The van der Waals surface area contributed by atoms with Gasteiger partial charge in [-0.2, -0.15) is 0 Å². The van der Waals surface area contributed by atoms with Crippen LogP contribution in [-0.4, -0.2) is 70.0 Å². The first-order valence-corrected chi connectivity index (χ1v) is 9.27. The third-order valence-electron chi connectivity index (χ3n) is 4.28. The van der Waals surface area contributed by atoms with Crippen molar-refractivity contribution in [3.05, 3.63) is 54.1 Å². The standard InChI is InChI=1S/C20H24N4O6/c1-30-20(29)16(9-15-10-21-13-22-15)23-17(25)11-24(12-19(27)28)18(26)8-7-14-5-3-2-4-6-14/h2-6,10,13,16H,7-9,11-12H2,1H3,(H,21,22)(H,23,25)(H,27,28). The van der Waals surface area contributed by atoms with Crippen molar-refractivity contribution in [1.82, 2.24) is 20.2 Å². The minimum absolute atomic E-state index is 0.0547. The van der Waals surface area contributed by atoms with E-state index in [4.69, 9.17) is 9.84 Å². The van der Waals surface area contributed by atoms with Crippen LogP contribution in [0.5, 0.6) is 0 Å². The Morgan fingerprint density at radius 1 is 1.20 bits per heavy atom. The Hall–Kier alpha value is -3.69. The summed E-state index contributed by atoms with van der Waals surface area (Å²) in [6.45, 7) is -1.11. The Kier molecular flexibility index (Phi) is 8.55. The Balaban J connectivity index is 1.98. The maximum Gasteiger partial charge on any atom is 0.328 e. The zero-order valence-electron chi connectivity index (χ0n) is 16.5. The molecular weight excluding hydrogens is 392 g/mol. The van der Waals surface area contributed by atoms with E-state index in [1.807, 2.05) is 30.3 Å². The minimum Gasteiger partial charge on any atom is -0.480 e. The number of hydrogen-bond donors (Lipinski definition) is 3. The van der Waals surface area contributed by atoms with Crippen molar-refractivity contribution < 1.29 is 29.0 Å². The molecule has 3 N–H and O–H groups in total. The molecule has 10 nitrogen and oxygen atoms in total. The molecule has 160 valence electrons. The molecule has 1 heterocycles. The summed E-state index contributed by atoms with van der Waals surface area (Å²) in [6, 6.07) is 8.25. The molecule has 0 saturated carbocycles. The number of carbonyl (C=O) groups is 4. The summed E-state index contributed by atoms with van der Waals surface area (Å²) in [5.41, 5.74) is 1.53. The van der Waals surface area contributed by atoms with Crippen LogP contribution >= 0.6 is 0 Å². The summed E-state index contributed by atoms with van der Waals surface area (Å²) in [6.07, 6.45) is 3.53. The van der Waals surface area contributed by atoms with Gasteiger partial charge in [0.15, 0.2) is 0 Å². The van der Waals surface area contributed by atoms with E-state index >= 15 is 0 Å². The number of carbonyl (C=O) groups excluding carboxylic acids is 3. The molecule has 1 aromatic heterocycles. The highest BCUT2D eigenvalue weighted by molar-refractivity contribution is 5.90. The molecule has 0 aliphatic carbocycles. The number of nitrogens with one attached hydrogen (secondary N) is 2. The van der Waals surface area contributed by atoms with Crippen LogP contribution in [0.3, 0.4) is 0 Å². The van der Waals surface area contributed by atoms with Gasteiger partial charge >= 0.3 is 11.9 Å². The van der Waals surface area contributed by atoms with E-state index in [-0.39, 0.29) is 12.8 Å². The van der Waals surface area contributed by atoms with Crippen LogP contribution in [0.15, 0.2) is 42.9 Å². The first-order valence-electron chi connectivity index (χ1n) is 9.27. The Morgan fingerprint density at radius 3 is 2.53 bits per heavy atom. The summed E-state index contributed by atoms with van der Waals surface area (Å²) in [5, 5.41) is 11.6. The highest BCUT2D eigenvalue weighted by Crippen LogP contribution is 2.06. The number of nitrogens with zero attached hydrogens (tertiary/aromatic N) is 2. The molecule has 0 aliphatic heterocycles.